The minimum atomic E-state index is -4.74. The van der Waals surface area contributed by atoms with Gasteiger partial charge in [-0.1, -0.05) is 0 Å². The normalized spacial score (nSPS) is 18.3. The van der Waals surface area contributed by atoms with Crippen molar-refractivity contribution in [1.82, 2.24) is 0 Å². The van der Waals surface area contributed by atoms with E-state index < -0.39 is 29.4 Å². The number of carbonyl (C=O) groups excluding carboxylic acids is 2. The molecule has 1 heterocycles. The standard InChI is InChI=1S/C13H9F3N2O3/c1-7-10(18-9(5-19)6-21-12(18)20)3-2-8(4-17)11(7)13(14,15)16/h2-3,5,9H,6H2,1H3/t9-/m0/s1. The van der Waals surface area contributed by atoms with Gasteiger partial charge in [0.2, 0.25) is 0 Å². The third-order valence-corrected chi connectivity index (χ3v) is 3.16. The predicted molar refractivity (Wildman–Crippen MR) is 64.6 cm³/mol. The van der Waals surface area contributed by atoms with Gasteiger partial charge >= 0.3 is 12.3 Å². The maximum absolute atomic E-state index is 13.1. The molecule has 0 aliphatic carbocycles. The highest BCUT2D eigenvalue weighted by molar-refractivity contribution is 5.96. The fraction of sp³-hybridized carbons (Fsp3) is 0.308. The van der Waals surface area contributed by atoms with Gasteiger partial charge in [0.25, 0.3) is 0 Å². The Balaban J connectivity index is 2.65. The van der Waals surface area contributed by atoms with E-state index in [0.717, 1.165) is 17.9 Å². The molecule has 0 unspecified atom stereocenters. The molecule has 0 N–H and O–H groups in total. The topological polar surface area (TPSA) is 70.4 Å². The van der Waals surface area contributed by atoms with E-state index >= 15 is 0 Å². The SMILES string of the molecule is Cc1c(N2C(=O)OC[C@@H]2C=O)ccc(C#N)c1C(F)(F)F. The van der Waals surface area contributed by atoms with E-state index in [-0.39, 0.29) is 17.9 Å². The van der Waals surface area contributed by atoms with Crippen molar-refractivity contribution in [2.24, 2.45) is 0 Å². The Labute approximate surface area is 117 Å². The number of hydrogen-bond donors (Lipinski definition) is 0. The minimum absolute atomic E-state index is 0.0964. The summed E-state index contributed by atoms with van der Waals surface area (Å²) >= 11 is 0. The summed E-state index contributed by atoms with van der Waals surface area (Å²) in [6.07, 6.45) is -5.21. The van der Waals surface area contributed by atoms with E-state index in [9.17, 15) is 22.8 Å². The molecule has 8 heteroatoms. The van der Waals surface area contributed by atoms with E-state index in [2.05, 4.69) is 4.74 Å². The molecule has 1 aromatic rings. The number of hydrogen-bond acceptors (Lipinski definition) is 4. The van der Waals surface area contributed by atoms with E-state index in [1.54, 1.807) is 0 Å². The maximum atomic E-state index is 13.1. The molecular weight excluding hydrogens is 289 g/mol. The highest BCUT2D eigenvalue weighted by Crippen LogP contribution is 2.39. The summed E-state index contributed by atoms with van der Waals surface area (Å²) in [4.78, 5) is 23.4. The maximum Gasteiger partial charge on any atom is 0.418 e. The summed E-state index contributed by atoms with van der Waals surface area (Å²) in [6, 6.07) is 2.66. The largest absolute Gasteiger partial charge is 0.446 e. The number of cyclic esters (lactones) is 1. The smallest absolute Gasteiger partial charge is 0.418 e. The molecule has 1 aliphatic heterocycles. The quantitative estimate of drug-likeness (QED) is 0.786. The Kier molecular flexibility index (Phi) is 3.60. The Hall–Kier alpha value is -2.56. The van der Waals surface area contributed by atoms with Crippen LogP contribution in [0.4, 0.5) is 23.7 Å². The highest BCUT2D eigenvalue weighted by Gasteiger charge is 2.40. The summed E-state index contributed by atoms with van der Waals surface area (Å²) in [5.41, 5.74) is -2.06. The Morgan fingerprint density at radius 3 is 2.67 bits per heavy atom. The lowest BCUT2D eigenvalue weighted by molar-refractivity contribution is -0.138. The summed E-state index contributed by atoms with van der Waals surface area (Å²) in [6.45, 7) is 0.926. The van der Waals surface area contributed by atoms with Gasteiger partial charge in [-0.25, -0.2) is 4.79 Å². The van der Waals surface area contributed by atoms with E-state index in [0.29, 0.717) is 6.29 Å². The molecule has 0 aromatic heterocycles. The molecule has 2 rings (SSSR count). The zero-order valence-corrected chi connectivity index (χ0v) is 10.8. The lowest BCUT2D eigenvalue weighted by atomic mass is 9.99. The Morgan fingerprint density at radius 2 is 2.14 bits per heavy atom. The third kappa shape index (κ3) is 2.42. The Bertz CT molecular complexity index is 649. The zero-order valence-electron chi connectivity index (χ0n) is 10.8. The van der Waals surface area contributed by atoms with Crippen LogP contribution in [0.1, 0.15) is 16.7 Å². The number of benzene rings is 1. The van der Waals surface area contributed by atoms with E-state index in [4.69, 9.17) is 5.26 Å². The molecule has 110 valence electrons. The number of ether oxygens (including phenoxy) is 1. The number of carbonyl (C=O) groups is 2. The fourth-order valence-electron chi connectivity index (χ4n) is 2.23. The van der Waals surface area contributed by atoms with E-state index in [1.807, 2.05) is 0 Å². The predicted octanol–water partition coefficient (Wildman–Crippen LogP) is 2.41. The lowest BCUT2D eigenvalue weighted by Gasteiger charge is -2.22. The van der Waals surface area contributed by atoms with Crippen LogP contribution in [0.15, 0.2) is 12.1 Å². The van der Waals surface area contributed by atoms with Crippen molar-refractivity contribution in [3.63, 3.8) is 0 Å². The second-order valence-electron chi connectivity index (χ2n) is 4.39. The van der Waals surface area contributed by atoms with Crippen molar-refractivity contribution in [3.8, 4) is 6.07 Å². The van der Waals surface area contributed by atoms with Crippen molar-refractivity contribution in [2.45, 2.75) is 19.1 Å². The molecule has 0 bridgehead atoms. The Morgan fingerprint density at radius 1 is 1.48 bits per heavy atom. The van der Waals surface area contributed by atoms with Gasteiger partial charge in [-0.2, -0.15) is 18.4 Å². The number of rotatable bonds is 2. The van der Waals surface area contributed by atoms with Crippen LogP contribution in [0.2, 0.25) is 0 Å². The summed E-state index contributed by atoms with van der Waals surface area (Å²) < 4.78 is 43.9. The van der Waals surface area contributed by atoms with Gasteiger partial charge in [-0.05, 0) is 24.6 Å². The molecule has 0 radical (unpaired) electrons. The molecule has 5 nitrogen and oxygen atoms in total. The molecule has 1 amide bonds. The molecule has 21 heavy (non-hydrogen) atoms. The molecule has 1 aromatic carbocycles. The van der Waals surface area contributed by atoms with Crippen LogP contribution in [0.3, 0.4) is 0 Å². The zero-order chi connectivity index (χ0) is 15.8. The first-order valence-corrected chi connectivity index (χ1v) is 5.83. The second kappa shape index (κ2) is 5.09. The lowest BCUT2D eigenvalue weighted by Crippen LogP contribution is -2.35. The average molecular weight is 298 g/mol. The minimum Gasteiger partial charge on any atom is -0.446 e. The third-order valence-electron chi connectivity index (χ3n) is 3.16. The summed E-state index contributed by atoms with van der Waals surface area (Å²) in [5.74, 6) is 0. The van der Waals surface area contributed by atoms with Crippen molar-refractivity contribution >= 4 is 18.1 Å². The molecule has 1 saturated heterocycles. The summed E-state index contributed by atoms with van der Waals surface area (Å²) in [7, 11) is 0. The van der Waals surface area contributed by atoms with Crippen LogP contribution in [-0.4, -0.2) is 25.0 Å². The van der Waals surface area contributed by atoms with Crippen LogP contribution in [0.25, 0.3) is 0 Å². The molecule has 0 spiro atoms. The first-order chi connectivity index (χ1) is 9.81. The van der Waals surface area contributed by atoms with Crippen LogP contribution in [0.5, 0.6) is 0 Å². The van der Waals surface area contributed by atoms with E-state index in [1.165, 1.54) is 12.1 Å². The first-order valence-electron chi connectivity index (χ1n) is 5.83. The van der Waals surface area contributed by atoms with Crippen molar-refractivity contribution < 1.29 is 27.5 Å². The number of nitrogens with zero attached hydrogens (tertiary/aromatic N) is 2. The second-order valence-corrected chi connectivity index (χ2v) is 4.39. The van der Waals surface area contributed by atoms with Gasteiger partial charge in [0, 0.05) is 0 Å². The van der Waals surface area contributed by atoms with Gasteiger partial charge < -0.3 is 9.53 Å². The number of nitriles is 1. The van der Waals surface area contributed by atoms with Crippen molar-refractivity contribution in [2.75, 3.05) is 11.5 Å². The molecular formula is C13H9F3N2O3. The van der Waals surface area contributed by atoms with Gasteiger partial charge in [0.05, 0.1) is 22.9 Å². The molecule has 1 atom stereocenters. The number of aldehydes is 1. The molecule has 0 saturated carbocycles. The van der Waals surface area contributed by atoms with Crippen LogP contribution in [0, 0.1) is 18.3 Å². The summed E-state index contributed by atoms with van der Waals surface area (Å²) in [5, 5.41) is 8.80. The van der Waals surface area contributed by atoms with Crippen molar-refractivity contribution in [1.29, 1.82) is 5.26 Å². The average Bonchev–Trinajstić information content (AvgIpc) is 2.78. The number of anilines is 1. The van der Waals surface area contributed by atoms with Crippen LogP contribution in [-0.2, 0) is 15.7 Å². The highest BCUT2D eigenvalue weighted by atomic mass is 19.4. The van der Waals surface area contributed by atoms with Crippen LogP contribution < -0.4 is 4.90 Å². The van der Waals surface area contributed by atoms with Gasteiger partial charge in [-0.15, -0.1) is 0 Å². The number of amides is 1. The van der Waals surface area contributed by atoms with Gasteiger partial charge in [0.1, 0.15) is 18.9 Å². The molecule has 1 fully saturated rings. The number of halogens is 3. The van der Waals surface area contributed by atoms with Gasteiger partial charge in [-0.3, -0.25) is 4.90 Å². The van der Waals surface area contributed by atoms with Crippen molar-refractivity contribution in [3.05, 3.63) is 28.8 Å². The number of alkyl halides is 3. The van der Waals surface area contributed by atoms with Crippen LogP contribution >= 0.6 is 0 Å². The molecule has 1 aliphatic rings. The fourth-order valence-corrected chi connectivity index (χ4v) is 2.23. The monoisotopic (exact) mass is 298 g/mol. The van der Waals surface area contributed by atoms with Gasteiger partial charge in [0.15, 0.2) is 0 Å². The first kappa shape index (κ1) is 14.8.